The van der Waals surface area contributed by atoms with Crippen LogP contribution in [0.5, 0.6) is 11.5 Å². The Morgan fingerprint density at radius 1 is 1.24 bits per heavy atom. The number of methoxy groups -OCH3 is 2. The van der Waals surface area contributed by atoms with Gasteiger partial charge in [0.15, 0.2) is 11.5 Å². The van der Waals surface area contributed by atoms with Gasteiger partial charge in [0.25, 0.3) is 0 Å². The average Bonchev–Trinajstić information content (AvgIpc) is 2.93. The molecule has 5 nitrogen and oxygen atoms in total. The van der Waals surface area contributed by atoms with E-state index in [9.17, 15) is 0 Å². The number of aryl methyl sites for hydroxylation is 1. The molecule has 5 heteroatoms. The highest BCUT2D eigenvalue weighted by Gasteiger charge is 2.14. The van der Waals surface area contributed by atoms with Gasteiger partial charge in [0.2, 0.25) is 0 Å². The summed E-state index contributed by atoms with van der Waals surface area (Å²) in [6, 6.07) is 6.28. The number of nitrogens with zero attached hydrogens (tertiary/aromatic N) is 2. The fourth-order valence-corrected chi connectivity index (χ4v) is 2.42. The predicted molar refractivity (Wildman–Crippen MR) is 82.9 cm³/mol. The van der Waals surface area contributed by atoms with Crippen LogP contribution in [0, 0.1) is 0 Å². The number of likely N-dealkylation sites (N-methyl/N-ethyl adjacent to an activating group) is 1. The quantitative estimate of drug-likeness (QED) is 0.850. The van der Waals surface area contributed by atoms with Crippen molar-refractivity contribution in [3.63, 3.8) is 0 Å². The van der Waals surface area contributed by atoms with Crippen molar-refractivity contribution in [3.8, 4) is 11.5 Å². The Bertz CT molecular complexity index is 581. The smallest absolute Gasteiger partial charge is 0.160 e. The summed E-state index contributed by atoms with van der Waals surface area (Å²) in [5.74, 6) is 1.51. The summed E-state index contributed by atoms with van der Waals surface area (Å²) in [6.45, 7) is 3.02. The van der Waals surface area contributed by atoms with Crippen LogP contribution in [0.2, 0.25) is 0 Å². The van der Waals surface area contributed by atoms with Crippen molar-refractivity contribution in [1.29, 1.82) is 0 Å². The van der Waals surface area contributed by atoms with Crippen molar-refractivity contribution < 1.29 is 9.47 Å². The number of nitrogens with one attached hydrogen (secondary N) is 1. The van der Waals surface area contributed by atoms with Crippen LogP contribution in [0.4, 0.5) is 0 Å². The van der Waals surface area contributed by atoms with E-state index in [1.165, 1.54) is 11.1 Å². The Balaban J connectivity index is 2.20. The first-order chi connectivity index (χ1) is 10.2. The maximum atomic E-state index is 5.37. The SMILES string of the molecule is CCNC(Cc1ccc(OC)c(OC)c1)c1cnn(C)c1. The van der Waals surface area contributed by atoms with Gasteiger partial charge in [0.1, 0.15) is 0 Å². The minimum Gasteiger partial charge on any atom is -0.493 e. The second kappa shape index (κ2) is 7.13. The van der Waals surface area contributed by atoms with Crippen molar-refractivity contribution in [2.45, 2.75) is 19.4 Å². The summed E-state index contributed by atoms with van der Waals surface area (Å²) in [5.41, 5.74) is 2.39. The summed E-state index contributed by atoms with van der Waals surface area (Å²) >= 11 is 0. The highest BCUT2D eigenvalue weighted by molar-refractivity contribution is 5.43. The molecule has 0 aliphatic heterocycles. The molecule has 0 amide bonds. The number of aromatic nitrogens is 2. The molecule has 1 aromatic heterocycles. The number of hydrogen-bond acceptors (Lipinski definition) is 4. The third-order valence-electron chi connectivity index (χ3n) is 3.47. The summed E-state index contributed by atoms with van der Waals surface area (Å²) in [4.78, 5) is 0. The van der Waals surface area contributed by atoms with Gasteiger partial charge in [0.05, 0.1) is 20.4 Å². The first-order valence-corrected chi connectivity index (χ1v) is 7.10. The van der Waals surface area contributed by atoms with Gasteiger partial charge in [-0.25, -0.2) is 0 Å². The van der Waals surface area contributed by atoms with E-state index >= 15 is 0 Å². The van der Waals surface area contributed by atoms with Gasteiger partial charge in [0, 0.05) is 24.8 Å². The van der Waals surface area contributed by atoms with Gasteiger partial charge in [-0.2, -0.15) is 5.10 Å². The van der Waals surface area contributed by atoms with Gasteiger partial charge in [-0.05, 0) is 30.7 Å². The maximum absolute atomic E-state index is 5.37. The Hall–Kier alpha value is -2.01. The van der Waals surface area contributed by atoms with Gasteiger partial charge in [-0.15, -0.1) is 0 Å². The molecule has 1 atom stereocenters. The van der Waals surface area contributed by atoms with Crippen LogP contribution in [0.25, 0.3) is 0 Å². The third-order valence-corrected chi connectivity index (χ3v) is 3.47. The maximum Gasteiger partial charge on any atom is 0.160 e. The zero-order chi connectivity index (χ0) is 15.2. The van der Waals surface area contributed by atoms with Gasteiger partial charge in [-0.1, -0.05) is 13.0 Å². The Labute approximate surface area is 125 Å². The first-order valence-electron chi connectivity index (χ1n) is 7.10. The second-order valence-corrected chi connectivity index (χ2v) is 4.95. The van der Waals surface area contributed by atoms with E-state index in [0.29, 0.717) is 0 Å². The first kappa shape index (κ1) is 15.4. The van der Waals surface area contributed by atoms with E-state index in [1.54, 1.807) is 14.2 Å². The van der Waals surface area contributed by atoms with Crippen molar-refractivity contribution >= 4 is 0 Å². The van der Waals surface area contributed by atoms with Crippen molar-refractivity contribution in [1.82, 2.24) is 15.1 Å². The van der Waals surface area contributed by atoms with Gasteiger partial charge >= 0.3 is 0 Å². The average molecular weight is 289 g/mol. The van der Waals surface area contributed by atoms with E-state index < -0.39 is 0 Å². The van der Waals surface area contributed by atoms with Crippen molar-refractivity contribution in [2.24, 2.45) is 7.05 Å². The summed E-state index contributed by atoms with van der Waals surface area (Å²) in [7, 11) is 5.24. The molecule has 0 spiro atoms. The minimum absolute atomic E-state index is 0.238. The third kappa shape index (κ3) is 3.76. The summed E-state index contributed by atoms with van der Waals surface area (Å²) in [5, 5.41) is 7.76. The zero-order valence-electron chi connectivity index (χ0n) is 13.1. The van der Waals surface area contributed by atoms with Crippen LogP contribution in [0.1, 0.15) is 24.1 Å². The molecule has 0 aliphatic rings. The van der Waals surface area contributed by atoms with Crippen LogP contribution >= 0.6 is 0 Å². The lowest BCUT2D eigenvalue weighted by molar-refractivity contribution is 0.354. The van der Waals surface area contributed by atoms with Crippen molar-refractivity contribution in [3.05, 3.63) is 41.7 Å². The van der Waals surface area contributed by atoms with Crippen LogP contribution in [0.15, 0.2) is 30.6 Å². The normalized spacial score (nSPS) is 12.2. The number of rotatable bonds is 7. The largest absolute Gasteiger partial charge is 0.493 e. The lowest BCUT2D eigenvalue weighted by Gasteiger charge is -2.17. The molecule has 0 saturated heterocycles. The molecule has 0 radical (unpaired) electrons. The standard InChI is InChI=1S/C16H23N3O2/c1-5-17-14(13-10-18-19(2)11-13)8-12-6-7-15(20-3)16(9-12)21-4/h6-7,9-11,14,17H,5,8H2,1-4H3. The van der Waals surface area contributed by atoms with E-state index in [2.05, 4.69) is 23.4 Å². The van der Waals surface area contributed by atoms with Crippen LogP contribution in [0.3, 0.4) is 0 Å². The Morgan fingerprint density at radius 2 is 2.00 bits per heavy atom. The fourth-order valence-electron chi connectivity index (χ4n) is 2.42. The lowest BCUT2D eigenvalue weighted by atomic mass is 10.0. The van der Waals surface area contributed by atoms with E-state index in [-0.39, 0.29) is 6.04 Å². The fraction of sp³-hybridized carbons (Fsp3) is 0.438. The number of hydrogen-bond donors (Lipinski definition) is 1. The van der Waals surface area contributed by atoms with Crippen LogP contribution < -0.4 is 14.8 Å². The van der Waals surface area contributed by atoms with E-state index in [4.69, 9.17) is 9.47 Å². The van der Waals surface area contributed by atoms with E-state index in [0.717, 1.165) is 24.5 Å². The molecule has 114 valence electrons. The van der Waals surface area contributed by atoms with Gasteiger partial charge in [-0.3, -0.25) is 4.68 Å². The topological polar surface area (TPSA) is 48.3 Å². The molecular weight excluding hydrogens is 266 g/mol. The zero-order valence-corrected chi connectivity index (χ0v) is 13.1. The van der Waals surface area contributed by atoms with E-state index in [1.807, 2.05) is 36.3 Å². The highest BCUT2D eigenvalue weighted by Crippen LogP contribution is 2.29. The molecule has 2 aromatic rings. The molecule has 0 saturated carbocycles. The highest BCUT2D eigenvalue weighted by atomic mass is 16.5. The molecule has 1 N–H and O–H groups in total. The minimum atomic E-state index is 0.238. The van der Waals surface area contributed by atoms with Gasteiger partial charge < -0.3 is 14.8 Å². The molecular formula is C16H23N3O2. The summed E-state index contributed by atoms with van der Waals surface area (Å²) in [6.07, 6.45) is 4.84. The van der Waals surface area contributed by atoms with Crippen LogP contribution in [-0.4, -0.2) is 30.5 Å². The molecule has 0 bridgehead atoms. The second-order valence-electron chi connectivity index (χ2n) is 4.95. The predicted octanol–water partition coefficient (Wildman–Crippen LogP) is 2.33. The molecule has 21 heavy (non-hydrogen) atoms. The molecule has 2 rings (SSSR count). The summed E-state index contributed by atoms with van der Waals surface area (Å²) < 4.78 is 12.5. The molecule has 1 unspecified atom stereocenters. The number of benzene rings is 1. The monoisotopic (exact) mass is 289 g/mol. The molecule has 1 heterocycles. The van der Waals surface area contributed by atoms with Crippen LogP contribution in [-0.2, 0) is 13.5 Å². The molecule has 1 aromatic carbocycles. The molecule has 0 fully saturated rings. The number of ether oxygens (including phenoxy) is 2. The Kier molecular flexibility index (Phi) is 5.22. The Morgan fingerprint density at radius 3 is 2.57 bits per heavy atom. The molecule has 0 aliphatic carbocycles. The van der Waals surface area contributed by atoms with Crippen molar-refractivity contribution in [2.75, 3.05) is 20.8 Å². The lowest BCUT2D eigenvalue weighted by Crippen LogP contribution is -2.22.